The van der Waals surface area contributed by atoms with Crippen molar-refractivity contribution in [3.63, 3.8) is 0 Å². The minimum absolute atomic E-state index is 0.116. The number of aromatic nitrogens is 3. The van der Waals surface area contributed by atoms with Gasteiger partial charge in [-0.15, -0.1) is 21.5 Å². The molecule has 0 radical (unpaired) electrons. The largest absolute Gasteiger partial charge is 0.482 e. The van der Waals surface area contributed by atoms with Crippen LogP contribution in [0.25, 0.3) is 0 Å². The molecule has 14 heteroatoms. The molecule has 0 spiro atoms. The SMILES string of the molecule is CCOC(=O)c1c(NC(=O)[C@@H](C)Sc2nnc(CNC(=O)COc3ccc(Cl)cc3Cl)n2C)sc2c1CCCC2. The first-order valence-corrected chi connectivity index (χ1v) is 15.1. The summed E-state index contributed by atoms with van der Waals surface area (Å²) in [6.07, 6.45) is 3.77. The Hall–Kier alpha value is -2.80. The van der Waals surface area contributed by atoms with Gasteiger partial charge >= 0.3 is 5.97 Å². The van der Waals surface area contributed by atoms with E-state index in [1.54, 1.807) is 37.6 Å². The number of esters is 1. The number of thiophene rings is 1. The number of carbonyl (C=O) groups excluding carboxylic acids is 3. The minimum atomic E-state index is -0.531. The molecule has 2 heterocycles. The Balaban J connectivity index is 1.33. The summed E-state index contributed by atoms with van der Waals surface area (Å²) in [6, 6.07) is 4.74. The summed E-state index contributed by atoms with van der Waals surface area (Å²) in [4.78, 5) is 39.2. The van der Waals surface area contributed by atoms with Crippen molar-refractivity contribution < 1.29 is 23.9 Å². The van der Waals surface area contributed by atoms with Gasteiger partial charge in [-0.2, -0.15) is 0 Å². The molecule has 2 aromatic heterocycles. The van der Waals surface area contributed by atoms with Gasteiger partial charge in [0.25, 0.3) is 5.91 Å². The van der Waals surface area contributed by atoms with Crippen molar-refractivity contribution in [2.75, 3.05) is 18.5 Å². The zero-order chi connectivity index (χ0) is 28.8. The first-order valence-electron chi connectivity index (χ1n) is 12.7. The fourth-order valence-electron chi connectivity index (χ4n) is 4.06. The van der Waals surface area contributed by atoms with Crippen LogP contribution in [0, 0.1) is 0 Å². The standard InChI is InChI=1S/C26H29Cl2N5O5S2/c1-4-37-25(36)22-16-7-5-6-8-19(16)40-24(22)30-23(35)14(2)39-26-32-31-20(33(26)3)12-29-21(34)13-38-18-10-9-15(27)11-17(18)28/h9-11,14H,4-8,12-13H2,1-3H3,(H,29,34)(H,30,35)/t14-/m1/s1. The van der Waals surface area contributed by atoms with Crippen LogP contribution in [-0.2, 0) is 40.8 Å². The summed E-state index contributed by atoms with van der Waals surface area (Å²) in [6.45, 7) is 3.66. The minimum Gasteiger partial charge on any atom is -0.482 e. The monoisotopic (exact) mass is 625 g/mol. The van der Waals surface area contributed by atoms with E-state index in [9.17, 15) is 14.4 Å². The van der Waals surface area contributed by atoms with Gasteiger partial charge in [-0.3, -0.25) is 9.59 Å². The van der Waals surface area contributed by atoms with Gasteiger partial charge in [0.2, 0.25) is 5.91 Å². The number of nitrogens with zero attached hydrogens (tertiary/aromatic N) is 3. The first kappa shape index (κ1) is 30.2. The summed E-state index contributed by atoms with van der Waals surface area (Å²) < 4.78 is 12.4. The summed E-state index contributed by atoms with van der Waals surface area (Å²) in [5.74, 6) is -0.178. The highest BCUT2D eigenvalue weighted by Gasteiger charge is 2.28. The van der Waals surface area contributed by atoms with E-state index in [0.717, 1.165) is 36.1 Å². The topological polar surface area (TPSA) is 124 Å². The van der Waals surface area contributed by atoms with Crippen LogP contribution in [-0.4, -0.2) is 51.0 Å². The number of halogens is 2. The molecule has 1 aromatic carbocycles. The maximum absolute atomic E-state index is 13.1. The molecule has 0 aliphatic heterocycles. The Morgan fingerprint density at radius 3 is 2.73 bits per heavy atom. The number of rotatable bonds is 11. The molecule has 1 aliphatic rings. The van der Waals surface area contributed by atoms with Crippen LogP contribution in [0.3, 0.4) is 0 Å². The lowest BCUT2D eigenvalue weighted by Crippen LogP contribution is -2.29. The molecule has 0 bridgehead atoms. The molecule has 0 saturated carbocycles. The highest BCUT2D eigenvalue weighted by molar-refractivity contribution is 8.00. The molecule has 0 fully saturated rings. The van der Waals surface area contributed by atoms with E-state index >= 15 is 0 Å². The number of benzene rings is 1. The second-order valence-electron chi connectivity index (χ2n) is 8.98. The van der Waals surface area contributed by atoms with Crippen molar-refractivity contribution in [1.82, 2.24) is 20.1 Å². The number of fused-ring (bicyclic) bond motifs is 1. The molecule has 214 valence electrons. The normalized spacial score (nSPS) is 13.3. The number of amides is 2. The number of thioether (sulfide) groups is 1. The lowest BCUT2D eigenvalue weighted by molar-refractivity contribution is -0.123. The molecule has 0 unspecified atom stereocenters. The predicted molar refractivity (Wildman–Crippen MR) is 156 cm³/mol. The van der Waals surface area contributed by atoms with Gasteiger partial charge in [0.15, 0.2) is 17.6 Å². The maximum atomic E-state index is 13.1. The van der Waals surface area contributed by atoms with Gasteiger partial charge < -0.3 is 24.7 Å². The Kier molecular flexibility index (Phi) is 10.3. The fraction of sp³-hybridized carbons (Fsp3) is 0.423. The van der Waals surface area contributed by atoms with Crippen molar-refractivity contribution in [3.05, 3.63) is 50.1 Å². The van der Waals surface area contributed by atoms with Crippen molar-refractivity contribution in [2.24, 2.45) is 7.05 Å². The van der Waals surface area contributed by atoms with Crippen molar-refractivity contribution in [3.8, 4) is 5.75 Å². The molecule has 40 heavy (non-hydrogen) atoms. The molecular formula is C26H29Cl2N5O5S2. The van der Waals surface area contributed by atoms with Gasteiger partial charge in [0, 0.05) is 16.9 Å². The van der Waals surface area contributed by atoms with Crippen LogP contribution < -0.4 is 15.4 Å². The van der Waals surface area contributed by atoms with Crippen LogP contribution in [0.5, 0.6) is 5.75 Å². The van der Waals surface area contributed by atoms with E-state index in [-0.39, 0.29) is 31.6 Å². The van der Waals surface area contributed by atoms with Crippen molar-refractivity contribution >= 4 is 69.1 Å². The highest BCUT2D eigenvalue weighted by Crippen LogP contribution is 2.39. The molecule has 2 amide bonds. The quantitative estimate of drug-likeness (QED) is 0.224. The van der Waals surface area contributed by atoms with E-state index in [4.69, 9.17) is 32.7 Å². The van der Waals surface area contributed by atoms with Crippen LogP contribution in [0.4, 0.5) is 5.00 Å². The van der Waals surface area contributed by atoms with E-state index in [2.05, 4.69) is 20.8 Å². The third-order valence-corrected chi connectivity index (χ3v) is 9.03. The Morgan fingerprint density at radius 1 is 1.20 bits per heavy atom. The Labute approximate surface area is 250 Å². The molecule has 3 aromatic rings. The molecular weight excluding hydrogens is 597 g/mol. The molecule has 2 N–H and O–H groups in total. The number of aryl methyl sites for hydroxylation is 1. The highest BCUT2D eigenvalue weighted by atomic mass is 35.5. The average Bonchev–Trinajstić information content (AvgIpc) is 3.46. The molecule has 1 atom stereocenters. The number of anilines is 1. The zero-order valence-corrected chi connectivity index (χ0v) is 25.4. The van der Waals surface area contributed by atoms with Gasteiger partial charge in [-0.25, -0.2) is 4.79 Å². The van der Waals surface area contributed by atoms with Crippen LogP contribution in [0.15, 0.2) is 23.4 Å². The van der Waals surface area contributed by atoms with Gasteiger partial charge in [0.05, 0.1) is 29.0 Å². The fourth-order valence-corrected chi connectivity index (χ4v) is 6.64. The van der Waals surface area contributed by atoms with E-state index < -0.39 is 11.2 Å². The molecule has 4 rings (SSSR count). The average molecular weight is 627 g/mol. The molecule has 10 nitrogen and oxygen atoms in total. The van der Waals surface area contributed by atoms with Crippen LogP contribution in [0.1, 0.15) is 53.3 Å². The van der Waals surface area contributed by atoms with Gasteiger partial charge in [0.1, 0.15) is 10.8 Å². The lowest BCUT2D eigenvalue weighted by atomic mass is 9.95. The van der Waals surface area contributed by atoms with E-state index in [1.165, 1.54) is 29.2 Å². The number of ether oxygens (including phenoxy) is 2. The van der Waals surface area contributed by atoms with Crippen molar-refractivity contribution in [1.29, 1.82) is 0 Å². The first-order chi connectivity index (χ1) is 19.2. The summed E-state index contributed by atoms with van der Waals surface area (Å²) >= 11 is 14.6. The Morgan fingerprint density at radius 2 is 1.98 bits per heavy atom. The number of hydrogen-bond donors (Lipinski definition) is 2. The lowest BCUT2D eigenvalue weighted by Gasteiger charge is -2.13. The summed E-state index contributed by atoms with van der Waals surface area (Å²) in [5.41, 5.74) is 1.47. The predicted octanol–water partition coefficient (Wildman–Crippen LogP) is 5.05. The van der Waals surface area contributed by atoms with E-state index in [0.29, 0.717) is 37.3 Å². The number of hydrogen-bond acceptors (Lipinski definition) is 9. The van der Waals surface area contributed by atoms with Crippen molar-refractivity contribution in [2.45, 2.75) is 56.5 Å². The number of nitrogens with one attached hydrogen (secondary N) is 2. The number of carbonyl (C=O) groups is 3. The van der Waals surface area contributed by atoms with Crippen LogP contribution >= 0.6 is 46.3 Å². The molecule has 0 saturated heterocycles. The van der Waals surface area contributed by atoms with Gasteiger partial charge in [-0.1, -0.05) is 35.0 Å². The van der Waals surface area contributed by atoms with Gasteiger partial charge in [-0.05, 0) is 63.3 Å². The maximum Gasteiger partial charge on any atom is 0.341 e. The Bertz CT molecular complexity index is 1410. The second-order valence-corrected chi connectivity index (χ2v) is 12.2. The summed E-state index contributed by atoms with van der Waals surface area (Å²) in [7, 11) is 1.75. The van der Waals surface area contributed by atoms with Crippen LogP contribution in [0.2, 0.25) is 10.0 Å². The third kappa shape index (κ3) is 7.28. The second kappa shape index (κ2) is 13.7. The third-order valence-electron chi connectivity index (χ3n) is 6.16. The summed E-state index contributed by atoms with van der Waals surface area (Å²) in [5, 5.41) is 15.3. The zero-order valence-electron chi connectivity index (χ0n) is 22.2. The molecule has 1 aliphatic carbocycles. The smallest absolute Gasteiger partial charge is 0.341 e. The van der Waals surface area contributed by atoms with E-state index in [1.807, 2.05) is 0 Å².